The maximum atomic E-state index is 12.8. The first-order chi connectivity index (χ1) is 33.5. The van der Waals surface area contributed by atoms with Gasteiger partial charge in [-0.1, -0.05) is 253 Å². The molecule has 1 unspecified atom stereocenters. The molecule has 6 nitrogen and oxygen atoms in total. The highest BCUT2D eigenvalue weighted by atomic mass is 16.6. The predicted molar refractivity (Wildman–Crippen MR) is 293 cm³/mol. The Hall–Kier alpha value is -3.67. The van der Waals surface area contributed by atoms with Crippen LogP contribution in [-0.2, 0) is 28.6 Å². The monoisotopic (exact) mass is 945 g/mol. The largest absolute Gasteiger partial charge is 0.462 e. The maximum absolute atomic E-state index is 12.8. The van der Waals surface area contributed by atoms with E-state index in [1.807, 2.05) is 0 Å². The molecule has 0 saturated carbocycles. The number of rotatable bonds is 50. The highest BCUT2D eigenvalue weighted by Gasteiger charge is 2.19. The van der Waals surface area contributed by atoms with E-state index in [0.29, 0.717) is 19.3 Å². The van der Waals surface area contributed by atoms with Crippen molar-refractivity contribution in [3.8, 4) is 0 Å². The molecule has 6 heteroatoms. The van der Waals surface area contributed by atoms with Crippen LogP contribution in [0.1, 0.15) is 258 Å². The molecule has 1 atom stereocenters. The number of unbranched alkanes of at least 4 members (excludes halogenated alkanes) is 25. The zero-order chi connectivity index (χ0) is 49.3. The molecule has 0 aromatic rings. The third-order valence-electron chi connectivity index (χ3n) is 11.9. The summed E-state index contributed by atoms with van der Waals surface area (Å²) in [6.45, 7) is 6.46. The van der Waals surface area contributed by atoms with Crippen LogP contribution in [0.2, 0.25) is 0 Å². The molecule has 0 aliphatic rings. The first-order valence-electron chi connectivity index (χ1n) is 28.3. The van der Waals surface area contributed by atoms with Crippen molar-refractivity contribution in [2.75, 3.05) is 13.2 Å². The molecule has 0 saturated heterocycles. The topological polar surface area (TPSA) is 78.9 Å². The van der Waals surface area contributed by atoms with Crippen LogP contribution in [0.5, 0.6) is 0 Å². The van der Waals surface area contributed by atoms with E-state index in [9.17, 15) is 14.4 Å². The zero-order valence-corrected chi connectivity index (χ0v) is 44.3. The summed E-state index contributed by atoms with van der Waals surface area (Å²) in [6, 6.07) is 0. The normalized spacial score (nSPS) is 12.8. The summed E-state index contributed by atoms with van der Waals surface area (Å²) in [5.41, 5.74) is 0. The molecule has 0 spiro atoms. The van der Waals surface area contributed by atoms with Gasteiger partial charge in [0.05, 0.1) is 0 Å². The van der Waals surface area contributed by atoms with Gasteiger partial charge in [-0.15, -0.1) is 0 Å². The van der Waals surface area contributed by atoms with Crippen LogP contribution in [-0.4, -0.2) is 37.2 Å². The Kier molecular flexibility index (Phi) is 52.9. The molecule has 0 heterocycles. The lowest BCUT2D eigenvalue weighted by atomic mass is 10.0. The van der Waals surface area contributed by atoms with Gasteiger partial charge in [-0.25, -0.2) is 0 Å². The van der Waals surface area contributed by atoms with Crippen LogP contribution in [0, 0.1) is 0 Å². The van der Waals surface area contributed by atoms with Crippen molar-refractivity contribution < 1.29 is 28.6 Å². The van der Waals surface area contributed by atoms with E-state index in [-0.39, 0.29) is 37.5 Å². The molecule has 0 aliphatic heterocycles. The molecule has 0 fully saturated rings. The summed E-state index contributed by atoms with van der Waals surface area (Å²) < 4.78 is 16.8. The fourth-order valence-corrected chi connectivity index (χ4v) is 7.66. The fraction of sp³-hybridized carbons (Fsp3) is 0.694. The van der Waals surface area contributed by atoms with E-state index in [4.69, 9.17) is 14.2 Å². The molecular formula is C62H104O6. The molecule has 0 aromatic carbocycles. The van der Waals surface area contributed by atoms with Crippen molar-refractivity contribution in [3.05, 3.63) is 97.2 Å². The minimum Gasteiger partial charge on any atom is -0.462 e. The molecule has 0 amide bonds. The Bertz CT molecular complexity index is 1360. The Morgan fingerprint density at radius 3 is 1.04 bits per heavy atom. The van der Waals surface area contributed by atoms with Crippen molar-refractivity contribution in [1.29, 1.82) is 0 Å². The third-order valence-corrected chi connectivity index (χ3v) is 11.9. The lowest BCUT2D eigenvalue weighted by Gasteiger charge is -2.18. The van der Waals surface area contributed by atoms with Crippen LogP contribution in [0.3, 0.4) is 0 Å². The van der Waals surface area contributed by atoms with Gasteiger partial charge >= 0.3 is 17.9 Å². The van der Waals surface area contributed by atoms with Gasteiger partial charge in [-0.2, -0.15) is 0 Å². The standard InChI is InChI=1S/C62H104O6/c1-4-7-10-13-16-19-22-25-28-30-32-34-37-40-43-46-49-52-55-61(64)67-58-59(57-66-60(63)54-51-48-45-42-39-36-33-27-24-21-18-15-12-9-6-3)68-62(65)56-53-50-47-44-41-38-35-31-29-26-23-20-17-14-11-8-5-2/h8,11,17,20,22,25-26,28-30,32,34-35,38,44,47,59H,4-7,9-10,12-16,18-19,21,23-24,27,31,33,36-37,39-43,45-46,48-58H2,1-3H3/b11-8-,20-17-,25-22-,29-26-,30-28-,34-32-,38-35-,47-44-. The molecule has 0 rings (SSSR count). The van der Waals surface area contributed by atoms with Crippen molar-refractivity contribution in [2.24, 2.45) is 0 Å². The summed E-state index contributed by atoms with van der Waals surface area (Å²) in [5, 5.41) is 0. The SMILES string of the molecule is CC/C=C\C/C=C\C/C=C\C/C=C\C/C=C\CCCC(=O)OC(COC(=O)CCCCCCC\C=C/C=C\C=C/CCCCCCC)COC(=O)CCCCCCCCCCCCCCCCC. The zero-order valence-electron chi connectivity index (χ0n) is 44.3. The number of esters is 3. The average molecular weight is 946 g/mol. The number of ether oxygens (including phenoxy) is 3. The summed E-state index contributed by atoms with van der Waals surface area (Å²) in [4.78, 5) is 38.1. The van der Waals surface area contributed by atoms with Gasteiger partial charge in [-0.3, -0.25) is 14.4 Å². The van der Waals surface area contributed by atoms with Crippen LogP contribution in [0.4, 0.5) is 0 Å². The van der Waals surface area contributed by atoms with E-state index in [1.54, 1.807) is 0 Å². The first kappa shape index (κ1) is 64.3. The molecule has 388 valence electrons. The second-order valence-corrected chi connectivity index (χ2v) is 18.5. The smallest absolute Gasteiger partial charge is 0.306 e. The molecule has 0 N–H and O–H groups in total. The van der Waals surface area contributed by atoms with Gasteiger partial charge in [0, 0.05) is 19.3 Å². The number of carbonyl (C=O) groups excluding carboxylic acids is 3. The molecular weight excluding hydrogens is 841 g/mol. The van der Waals surface area contributed by atoms with Crippen molar-refractivity contribution in [3.63, 3.8) is 0 Å². The maximum Gasteiger partial charge on any atom is 0.306 e. The minimum atomic E-state index is -0.815. The second-order valence-electron chi connectivity index (χ2n) is 18.5. The van der Waals surface area contributed by atoms with Gasteiger partial charge in [0.1, 0.15) is 13.2 Å². The number of hydrogen-bond donors (Lipinski definition) is 0. The number of carbonyl (C=O) groups is 3. The van der Waals surface area contributed by atoms with Crippen LogP contribution in [0.25, 0.3) is 0 Å². The Balaban J connectivity index is 4.51. The summed E-state index contributed by atoms with van der Waals surface area (Å²) in [5.74, 6) is -0.981. The van der Waals surface area contributed by atoms with E-state index in [0.717, 1.165) is 103 Å². The van der Waals surface area contributed by atoms with Crippen molar-refractivity contribution in [2.45, 2.75) is 264 Å². The van der Waals surface area contributed by atoms with Gasteiger partial charge in [0.25, 0.3) is 0 Å². The molecule has 68 heavy (non-hydrogen) atoms. The summed E-state index contributed by atoms with van der Waals surface area (Å²) >= 11 is 0. The van der Waals surface area contributed by atoms with E-state index >= 15 is 0 Å². The second kappa shape index (κ2) is 55.9. The van der Waals surface area contributed by atoms with Crippen molar-refractivity contribution >= 4 is 17.9 Å². The summed E-state index contributed by atoms with van der Waals surface area (Å²) in [7, 11) is 0. The lowest BCUT2D eigenvalue weighted by molar-refractivity contribution is -0.167. The molecule has 0 bridgehead atoms. The lowest BCUT2D eigenvalue weighted by Crippen LogP contribution is -2.30. The molecule has 0 aromatic heterocycles. The van der Waals surface area contributed by atoms with Gasteiger partial charge in [0.2, 0.25) is 0 Å². The van der Waals surface area contributed by atoms with E-state index in [1.165, 1.54) is 109 Å². The molecule has 0 aliphatic carbocycles. The van der Waals surface area contributed by atoms with Gasteiger partial charge < -0.3 is 14.2 Å². The van der Waals surface area contributed by atoms with E-state index in [2.05, 4.69) is 118 Å². The minimum absolute atomic E-state index is 0.106. The van der Waals surface area contributed by atoms with Crippen LogP contribution < -0.4 is 0 Å². The Labute approximate surface area is 419 Å². The Morgan fingerprint density at radius 2 is 0.647 bits per heavy atom. The number of hydrogen-bond acceptors (Lipinski definition) is 6. The average Bonchev–Trinajstić information content (AvgIpc) is 3.34. The number of allylic oxidation sites excluding steroid dienone is 16. The summed E-state index contributed by atoms with van der Waals surface area (Å²) in [6.07, 6.45) is 74.0. The highest BCUT2D eigenvalue weighted by molar-refractivity contribution is 5.71. The highest BCUT2D eigenvalue weighted by Crippen LogP contribution is 2.15. The Morgan fingerprint density at radius 1 is 0.324 bits per heavy atom. The van der Waals surface area contributed by atoms with E-state index < -0.39 is 6.10 Å². The van der Waals surface area contributed by atoms with Crippen LogP contribution >= 0.6 is 0 Å². The van der Waals surface area contributed by atoms with Gasteiger partial charge in [-0.05, 0) is 83.5 Å². The van der Waals surface area contributed by atoms with Crippen LogP contribution in [0.15, 0.2) is 97.2 Å². The fourth-order valence-electron chi connectivity index (χ4n) is 7.66. The quantitative estimate of drug-likeness (QED) is 0.0199. The first-order valence-corrected chi connectivity index (χ1v) is 28.3. The predicted octanol–water partition coefficient (Wildman–Crippen LogP) is 18.9. The van der Waals surface area contributed by atoms with Crippen molar-refractivity contribution in [1.82, 2.24) is 0 Å². The third kappa shape index (κ3) is 53.3. The molecule has 0 radical (unpaired) electrons. The van der Waals surface area contributed by atoms with Gasteiger partial charge in [0.15, 0.2) is 6.10 Å².